The average molecular weight is 650 g/mol. The van der Waals surface area contributed by atoms with Crippen molar-refractivity contribution < 1.29 is 23.9 Å². The van der Waals surface area contributed by atoms with Crippen molar-refractivity contribution in [3.05, 3.63) is 30.9 Å². The molecule has 1 amide bonds. The highest BCUT2D eigenvalue weighted by Crippen LogP contribution is 2.18. The molecule has 258 valence electrons. The summed E-state index contributed by atoms with van der Waals surface area (Å²) in [6, 6.07) is 0. The second-order valence-electron chi connectivity index (χ2n) is 12.0. The summed E-state index contributed by atoms with van der Waals surface area (Å²) in [6.45, 7) is 6.99. The maximum Gasteiger partial charge on any atom is 0.326 e. The predicted octanol–water partition coefficient (Wildman–Crippen LogP) is 9.52. The molecule has 0 aliphatic heterocycles. The molecule has 0 radical (unpaired) electrons. The lowest BCUT2D eigenvalue weighted by molar-refractivity contribution is -0.151. The van der Waals surface area contributed by atoms with Gasteiger partial charge < -0.3 is 18.9 Å². The molecule has 0 fully saturated rings. The van der Waals surface area contributed by atoms with Gasteiger partial charge in [-0.05, 0) is 44.9 Å². The quantitative estimate of drug-likeness (QED) is 0.0485. The number of imidazole rings is 1. The molecule has 0 spiro atoms. The first-order chi connectivity index (χ1) is 22.0. The summed E-state index contributed by atoms with van der Waals surface area (Å²) in [5.74, 6) is -0.409. The smallest absolute Gasteiger partial charge is 0.326 e. The van der Waals surface area contributed by atoms with Gasteiger partial charge in [0.15, 0.2) is 0 Å². The Kier molecular flexibility index (Phi) is 26.4. The van der Waals surface area contributed by atoms with Crippen molar-refractivity contribution in [2.24, 2.45) is 0 Å². The Labute approximate surface area is 278 Å². The van der Waals surface area contributed by atoms with Crippen LogP contribution in [0.15, 0.2) is 30.9 Å². The highest BCUT2D eigenvalue weighted by Gasteiger charge is 2.24. The molecule has 0 aliphatic rings. The van der Waals surface area contributed by atoms with Gasteiger partial charge in [0, 0.05) is 24.7 Å². The number of unbranched alkanes of at least 4 members (excludes halogenated alkanes) is 13. The van der Waals surface area contributed by atoms with E-state index in [0.29, 0.717) is 5.75 Å². The molecule has 0 aromatic carbocycles. The van der Waals surface area contributed by atoms with Crippen molar-refractivity contribution in [3.63, 3.8) is 0 Å². The molecule has 0 saturated carbocycles. The number of ether oxygens (including phenoxy) is 2. The van der Waals surface area contributed by atoms with Gasteiger partial charge in [-0.15, -0.1) is 0 Å². The number of carbonyl (C=O) groups excluding carboxylic acids is 3. The number of hydrogen-bond donors (Lipinski definition) is 0. The fourth-order valence-corrected chi connectivity index (χ4v) is 5.85. The van der Waals surface area contributed by atoms with Gasteiger partial charge in [0.25, 0.3) is 5.24 Å². The minimum atomic E-state index is -0.523. The SMILES string of the molecule is CCCCCC/C=C\COC(=O)CN(CC(=O)OC(CCCCCCC)CCCCCCCC)C(=O)SCCCn1ccnc1. The highest BCUT2D eigenvalue weighted by atomic mass is 32.2. The third kappa shape index (κ3) is 23.7. The fraction of sp³-hybridized carbons (Fsp3) is 0.778. The number of amides is 1. The molecule has 0 N–H and O–H groups in total. The summed E-state index contributed by atoms with van der Waals surface area (Å²) < 4.78 is 13.3. The molecule has 0 bridgehead atoms. The maximum atomic E-state index is 13.2. The first-order valence-electron chi connectivity index (χ1n) is 17.9. The molecule has 1 rings (SSSR count). The van der Waals surface area contributed by atoms with Crippen LogP contribution in [0.2, 0.25) is 0 Å². The molecule has 0 saturated heterocycles. The second-order valence-corrected chi connectivity index (χ2v) is 13.0. The number of allylic oxidation sites excluding steroid dienone is 1. The third-order valence-corrected chi connectivity index (χ3v) is 8.78. The summed E-state index contributed by atoms with van der Waals surface area (Å²) in [4.78, 5) is 44.3. The molecule has 1 heterocycles. The van der Waals surface area contributed by atoms with Crippen LogP contribution in [0.1, 0.15) is 143 Å². The van der Waals surface area contributed by atoms with E-state index in [2.05, 4.69) is 25.8 Å². The van der Waals surface area contributed by atoms with Gasteiger partial charge >= 0.3 is 11.9 Å². The number of aryl methyl sites for hydroxylation is 1. The lowest BCUT2D eigenvalue weighted by atomic mass is 10.0. The molecule has 1 aromatic rings. The monoisotopic (exact) mass is 649 g/mol. The van der Waals surface area contributed by atoms with Crippen LogP contribution < -0.4 is 0 Å². The van der Waals surface area contributed by atoms with Crippen LogP contribution in [-0.2, 0) is 25.6 Å². The van der Waals surface area contributed by atoms with Crippen LogP contribution in [-0.4, -0.2) is 63.2 Å². The van der Waals surface area contributed by atoms with Crippen LogP contribution >= 0.6 is 11.8 Å². The summed E-state index contributed by atoms with van der Waals surface area (Å²) in [6.07, 6.45) is 30.2. The van der Waals surface area contributed by atoms with Gasteiger partial charge in [-0.1, -0.05) is 122 Å². The van der Waals surface area contributed by atoms with E-state index in [9.17, 15) is 14.4 Å². The largest absolute Gasteiger partial charge is 0.461 e. The standard InChI is InChI=1S/C36H63N3O5S/c1-4-7-10-13-15-18-21-28-43-34(40)30-39(36(42)45-29-22-26-38-27-25-37-32-38)31-35(41)44-33(23-19-16-12-9-6-3)24-20-17-14-11-8-5-2/h18,21,25,27,32-33H,4-17,19-20,22-24,26,28-31H2,1-3H3/b21-18-. The van der Waals surface area contributed by atoms with Crippen molar-refractivity contribution in [1.29, 1.82) is 0 Å². The van der Waals surface area contributed by atoms with E-state index < -0.39 is 11.9 Å². The molecule has 1 aromatic heterocycles. The Morgan fingerprint density at radius 2 is 1.38 bits per heavy atom. The highest BCUT2D eigenvalue weighted by molar-refractivity contribution is 8.13. The lowest BCUT2D eigenvalue weighted by Gasteiger charge is -2.23. The van der Waals surface area contributed by atoms with Crippen molar-refractivity contribution >= 4 is 28.9 Å². The van der Waals surface area contributed by atoms with Crippen molar-refractivity contribution in [2.45, 2.75) is 155 Å². The van der Waals surface area contributed by atoms with E-state index in [1.807, 2.05) is 22.9 Å². The minimum absolute atomic E-state index is 0.153. The fourth-order valence-electron chi connectivity index (χ4n) is 5.09. The van der Waals surface area contributed by atoms with Gasteiger partial charge in [0.05, 0.1) is 6.33 Å². The van der Waals surface area contributed by atoms with Crippen molar-refractivity contribution in [1.82, 2.24) is 14.5 Å². The predicted molar refractivity (Wildman–Crippen MR) is 186 cm³/mol. The molecule has 45 heavy (non-hydrogen) atoms. The number of carbonyl (C=O) groups is 3. The topological polar surface area (TPSA) is 90.7 Å². The molecule has 0 aliphatic carbocycles. The Morgan fingerprint density at radius 3 is 2.00 bits per heavy atom. The molecule has 8 nitrogen and oxygen atoms in total. The van der Waals surface area contributed by atoms with Crippen molar-refractivity contribution in [3.8, 4) is 0 Å². The summed E-state index contributed by atoms with van der Waals surface area (Å²) in [7, 11) is 0. The van der Waals surface area contributed by atoms with Crippen LogP contribution in [0.25, 0.3) is 0 Å². The number of aromatic nitrogens is 2. The van der Waals surface area contributed by atoms with Gasteiger partial charge in [-0.2, -0.15) is 0 Å². The van der Waals surface area contributed by atoms with E-state index in [0.717, 1.165) is 76.1 Å². The normalized spacial score (nSPS) is 12.0. The number of hydrogen-bond acceptors (Lipinski definition) is 7. The lowest BCUT2D eigenvalue weighted by Crippen LogP contribution is -2.39. The Balaban J connectivity index is 2.69. The minimum Gasteiger partial charge on any atom is -0.461 e. The van der Waals surface area contributed by atoms with Crippen LogP contribution in [0, 0.1) is 0 Å². The van der Waals surface area contributed by atoms with Crippen LogP contribution in [0.4, 0.5) is 4.79 Å². The number of thioether (sulfide) groups is 1. The average Bonchev–Trinajstić information content (AvgIpc) is 3.55. The zero-order chi connectivity index (χ0) is 32.8. The van der Waals surface area contributed by atoms with E-state index in [4.69, 9.17) is 9.47 Å². The zero-order valence-electron chi connectivity index (χ0n) is 28.7. The first kappa shape index (κ1) is 40.7. The Morgan fingerprint density at radius 1 is 0.778 bits per heavy atom. The zero-order valence-corrected chi connectivity index (χ0v) is 29.5. The maximum absolute atomic E-state index is 13.2. The van der Waals surface area contributed by atoms with E-state index in [-0.39, 0.29) is 31.0 Å². The van der Waals surface area contributed by atoms with E-state index >= 15 is 0 Å². The molecule has 1 unspecified atom stereocenters. The second kappa shape index (κ2) is 29.1. The molecule has 9 heteroatoms. The van der Waals surface area contributed by atoms with Gasteiger partial charge in [-0.25, -0.2) is 4.98 Å². The van der Waals surface area contributed by atoms with Crippen molar-refractivity contribution in [2.75, 3.05) is 25.4 Å². The molecular weight excluding hydrogens is 586 g/mol. The summed E-state index contributed by atoms with van der Waals surface area (Å²) in [5.41, 5.74) is 0. The van der Waals surface area contributed by atoms with E-state index in [1.54, 1.807) is 12.5 Å². The van der Waals surface area contributed by atoms with Gasteiger partial charge in [-0.3, -0.25) is 14.4 Å². The van der Waals surface area contributed by atoms with Crippen LogP contribution in [0.5, 0.6) is 0 Å². The third-order valence-electron chi connectivity index (χ3n) is 7.78. The first-order valence-corrected chi connectivity index (χ1v) is 18.9. The molecule has 1 atom stereocenters. The number of esters is 2. The van der Waals surface area contributed by atoms with Gasteiger partial charge in [0.2, 0.25) is 0 Å². The number of rotatable bonds is 29. The summed E-state index contributed by atoms with van der Waals surface area (Å²) >= 11 is 1.12. The molecular formula is C36H63N3O5S. The van der Waals surface area contributed by atoms with Gasteiger partial charge in [0.1, 0.15) is 25.8 Å². The van der Waals surface area contributed by atoms with E-state index in [1.165, 1.54) is 69.1 Å². The number of nitrogens with zero attached hydrogens (tertiary/aromatic N) is 3. The Hall–Kier alpha value is -2.29. The summed E-state index contributed by atoms with van der Waals surface area (Å²) in [5, 5.41) is -0.312. The van der Waals surface area contributed by atoms with Crippen LogP contribution in [0.3, 0.4) is 0 Å². The Bertz CT molecular complexity index is 893.